The van der Waals surface area contributed by atoms with Gasteiger partial charge in [-0.3, -0.25) is 0 Å². The molecule has 17 heavy (non-hydrogen) atoms. The van der Waals surface area contributed by atoms with Gasteiger partial charge < -0.3 is 9.53 Å². The standard InChI is InChI=1S/C15H20O2/c1-12(16)9-14-7-8-17-11-15(14)10-13-5-3-2-4-6-13/h2-6,14-15H,7-11H2,1H3. The summed E-state index contributed by atoms with van der Waals surface area (Å²) >= 11 is 0. The molecule has 2 atom stereocenters. The van der Waals surface area contributed by atoms with Crippen LogP contribution in [0.15, 0.2) is 30.3 Å². The van der Waals surface area contributed by atoms with Crippen LogP contribution in [0.4, 0.5) is 0 Å². The van der Waals surface area contributed by atoms with Crippen LogP contribution in [0.2, 0.25) is 0 Å². The molecule has 92 valence electrons. The van der Waals surface area contributed by atoms with E-state index in [-0.39, 0.29) is 0 Å². The van der Waals surface area contributed by atoms with Crippen LogP contribution in [0.5, 0.6) is 0 Å². The van der Waals surface area contributed by atoms with Gasteiger partial charge in [-0.1, -0.05) is 30.3 Å². The third-order valence-corrected chi connectivity index (χ3v) is 3.52. The lowest BCUT2D eigenvalue weighted by atomic mass is 9.81. The number of ether oxygens (including phenoxy) is 1. The van der Waals surface area contributed by atoms with E-state index in [1.54, 1.807) is 6.92 Å². The van der Waals surface area contributed by atoms with Gasteiger partial charge in [0, 0.05) is 19.6 Å². The maximum absolute atomic E-state index is 11.3. The van der Waals surface area contributed by atoms with Gasteiger partial charge >= 0.3 is 0 Å². The van der Waals surface area contributed by atoms with Crippen LogP contribution >= 0.6 is 0 Å². The number of ketones is 1. The van der Waals surface area contributed by atoms with Crippen molar-refractivity contribution in [2.45, 2.75) is 26.2 Å². The fraction of sp³-hybridized carbons (Fsp3) is 0.533. The molecule has 2 rings (SSSR count). The van der Waals surface area contributed by atoms with Gasteiger partial charge in [-0.05, 0) is 37.2 Å². The SMILES string of the molecule is CC(=O)CC1CCOCC1Cc1ccccc1. The number of benzene rings is 1. The van der Waals surface area contributed by atoms with Crippen molar-refractivity contribution in [3.8, 4) is 0 Å². The number of hydrogen-bond donors (Lipinski definition) is 0. The fourth-order valence-corrected chi connectivity index (χ4v) is 2.62. The Morgan fingerprint density at radius 3 is 2.76 bits per heavy atom. The van der Waals surface area contributed by atoms with Crippen LogP contribution in [0.25, 0.3) is 0 Å². The lowest BCUT2D eigenvalue weighted by Gasteiger charge is -2.31. The van der Waals surface area contributed by atoms with Crippen LogP contribution < -0.4 is 0 Å². The maximum atomic E-state index is 11.3. The fourth-order valence-electron chi connectivity index (χ4n) is 2.62. The van der Waals surface area contributed by atoms with Crippen LogP contribution in [0, 0.1) is 11.8 Å². The third-order valence-electron chi connectivity index (χ3n) is 3.52. The Kier molecular flexibility index (Phi) is 4.32. The Balaban J connectivity index is 1.99. The van der Waals surface area contributed by atoms with Crippen LogP contribution in [0.1, 0.15) is 25.3 Å². The average molecular weight is 232 g/mol. The summed E-state index contributed by atoms with van der Waals surface area (Å²) in [6.45, 7) is 3.30. The first-order valence-electron chi connectivity index (χ1n) is 6.37. The molecule has 0 spiro atoms. The first-order valence-corrected chi connectivity index (χ1v) is 6.37. The number of carbonyl (C=O) groups is 1. The Labute approximate surface area is 103 Å². The van der Waals surface area contributed by atoms with Crippen molar-refractivity contribution in [1.82, 2.24) is 0 Å². The normalized spacial score (nSPS) is 24.5. The molecule has 1 aromatic carbocycles. The minimum atomic E-state index is 0.301. The van der Waals surface area contributed by atoms with Gasteiger partial charge in [0.2, 0.25) is 0 Å². The summed E-state index contributed by atoms with van der Waals surface area (Å²) in [6.07, 6.45) is 2.76. The molecule has 1 fully saturated rings. The summed E-state index contributed by atoms with van der Waals surface area (Å²) in [7, 11) is 0. The van der Waals surface area contributed by atoms with E-state index in [1.807, 2.05) is 6.07 Å². The van der Waals surface area contributed by atoms with Crippen LogP contribution in [-0.4, -0.2) is 19.0 Å². The first kappa shape index (κ1) is 12.3. The van der Waals surface area contributed by atoms with Gasteiger partial charge in [0.1, 0.15) is 5.78 Å². The molecule has 2 unspecified atom stereocenters. The molecule has 1 aliphatic rings. The molecule has 1 saturated heterocycles. The molecule has 2 nitrogen and oxygen atoms in total. The Hall–Kier alpha value is -1.15. The predicted molar refractivity (Wildman–Crippen MR) is 67.9 cm³/mol. The Bertz CT molecular complexity index is 358. The van der Waals surface area contributed by atoms with Gasteiger partial charge in [0.05, 0.1) is 0 Å². The molecule has 0 aliphatic carbocycles. The van der Waals surface area contributed by atoms with Gasteiger partial charge in [-0.25, -0.2) is 0 Å². The highest BCUT2D eigenvalue weighted by atomic mass is 16.5. The smallest absolute Gasteiger partial charge is 0.130 e. The number of hydrogen-bond acceptors (Lipinski definition) is 2. The summed E-state index contributed by atoms with van der Waals surface area (Å²) in [5.41, 5.74) is 1.34. The summed E-state index contributed by atoms with van der Waals surface area (Å²) in [6, 6.07) is 10.5. The van der Waals surface area contributed by atoms with E-state index in [2.05, 4.69) is 24.3 Å². The maximum Gasteiger partial charge on any atom is 0.130 e. The molecule has 0 amide bonds. The van der Waals surface area contributed by atoms with Crippen molar-refractivity contribution in [1.29, 1.82) is 0 Å². The number of carbonyl (C=O) groups excluding carboxylic acids is 1. The highest BCUT2D eigenvalue weighted by molar-refractivity contribution is 5.75. The molecule has 0 saturated carbocycles. The molecule has 0 N–H and O–H groups in total. The second-order valence-electron chi connectivity index (χ2n) is 4.98. The minimum absolute atomic E-state index is 0.301. The van der Waals surface area contributed by atoms with Crippen molar-refractivity contribution < 1.29 is 9.53 Å². The average Bonchev–Trinajstić information content (AvgIpc) is 2.32. The lowest BCUT2D eigenvalue weighted by molar-refractivity contribution is -0.119. The molecule has 1 aromatic rings. The van der Waals surface area contributed by atoms with Crippen LogP contribution in [0.3, 0.4) is 0 Å². The summed E-state index contributed by atoms with van der Waals surface area (Å²) < 4.78 is 5.55. The third kappa shape index (κ3) is 3.67. The molecular formula is C15H20O2. The van der Waals surface area contributed by atoms with E-state index in [9.17, 15) is 4.79 Å². The Morgan fingerprint density at radius 1 is 1.29 bits per heavy atom. The van der Waals surface area contributed by atoms with Crippen molar-refractivity contribution in [3.05, 3.63) is 35.9 Å². The molecular weight excluding hydrogens is 212 g/mol. The molecule has 0 bridgehead atoms. The van der Waals surface area contributed by atoms with E-state index in [0.717, 1.165) is 26.1 Å². The predicted octanol–water partition coefficient (Wildman–Crippen LogP) is 2.86. The monoisotopic (exact) mass is 232 g/mol. The minimum Gasteiger partial charge on any atom is -0.381 e. The zero-order valence-electron chi connectivity index (χ0n) is 10.4. The quantitative estimate of drug-likeness (QED) is 0.798. The lowest BCUT2D eigenvalue weighted by Crippen LogP contribution is -2.30. The van der Waals surface area contributed by atoms with Gasteiger partial charge in [0.25, 0.3) is 0 Å². The van der Waals surface area contributed by atoms with Crippen LogP contribution in [-0.2, 0) is 16.0 Å². The van der Waals surface area contributed by atoms with E-state index in [4.69, 9.17) is 4.74 Å². The molecule has 2 heteroatoms. The first-order chi connectivity index (χ1) is 8.25. The Morgan fingerprint density at radius 2 is 2.06 bits per heavy atom. The van der Waals surface area contributed by atoms with E-state index >= 15 is 0 Å². The molecule has 0 aromatic heterocycles. The van der Waals surface area contributed by atoms with Crippen molar-refractivity contribution in [2.24, 2.45) is 11.8 Å². The summed E-state index contributed by atoms with van der Waals surface area (Å²) in [4.78, 5) is 11.3. The van der Waals surface area contributed by atoms with Gasteiger partial charge in [0.15, 0.2) is 0 Å². The van der Waals surface area contributed by atoms with Gasteiger partial charge in [-0.2, -0.15) is 0 Å². The largest absolute Gasteiger partial charge is 0.381 e. The van der Waals surface area contributed by atoms with Crippen molar-refractivity contribution in [2.75, 3.05) is 13.2 Å². The van der Waals surface area contributed by atoms with Crippen molar-refractivity contribution >= 4 is 5.78 Å². The summed E-state index contributed by atoms with van der Waals surface area (Å²) in [5, 5.41) is 0. The highest BCUT2D eigenvalue weighted by Gasteiger charge is 2.26. The van der Waals surface area contributed by atoms with Crippen molar-refractivity contribution in [3.63, 3.8) is 0 Å². The molecule has 1 aliphatic heterocycles. The number of rotatable bonds is 4. The highest BCUT2D eigenvalue weighted by Crippen LogP contribution is 2.28. The number of Topliss-reactive ketones (excluding diaryl/α,β-unsaturated/α-hetero) is 1. The molecule has 1 heterocycles. The molecule has 0 radical (unpaired) electrons. The second kappa shape index (κ2) is 5.97. The topological polar surface area (TPSA) is 26.3 Å². The van der Waals surface area contributed by atoms with Gasteiger partial charge in [-0.15, -0.1) is 0 Å². The second-order valence-corrected chi connectivity index (χ2v) is 4.98. The van der Waals surface area contributed by atoms with E-state index < -0.39 is 0 Å². The van der Waals surface area contributed by atoms with E-state index in [0.29, 0.717) is 24.0 Å². The van der Waals surface area contributed by atoms with E-state index in [1.165, 1.54) is 5.56 Å². The zero-order chi connectivity index (χ0) is 12.1. The summed E-state index contributed by atoms with van der Waals surface area (Å²) in [5.74, 6) is 1.30. The zero-order valence-corrected chi connectivity index (χ0v) is 10.4.